The van der Waals surface area contributed by atoms with Crippen molar-refractivity contribution in [1.29, 1.82) is 0 Å². The lowest BCUT2D eigenvalue weighted by Gasteiger charge is -2.33. The van der Waals surface area contributed by atoms with Crippen LogP contribution in [0, 0.1) is 0 Å². The van der Waals surface area contributed by atoms with Crippen molar-refractivity contribution in [2.24, 2.45) is 0 Å². The lowest BCUT2D eigenvalue weighted by atomic mass is 9.85. The van der Waals surface area contributed by atoms with Gasteiger partial charge in [0.15, 0.2) is 0 Å². The molecule has 1 atom stereocenters. The highest BCUT2D eigenvalue weighted by Crippen LogP contribution is 2.61. The van der Waals surface area contributed by atoms with E-state index in [1.165, 1.54) is 0 Å². The van der Waals surface area contributed by atoms with Crippen LogP contribution in [0.25, 0.3) is 5.57 Å². The summed E-state index contributed by atoms with van der Waals surface area (Å²) in [5.74, 6) is 0. The minimum Gasteiger partial charge on any atom is -0.207 e. The van der Waals surface area contributed by atoms with Gasteiger partial charge in [0.1, 0.15) is 5.54 Å². The molecule has 1 spiro atoms. The summed E-state index contributed by atoms with van der Waals surface area (Å²) >= 11 is 2.35. The SMILES string of the molecule is CN1[C@]2(C(I)=C(c3ccccc3)c3ccccc32)c2ccccc2S1(=O)=O. The van der Waals surface area contributed by atoms with Gasteiger partial charge >= 0.3 is 0 Å². The van der Waals surface area contributed by atoms with Crippen LogP contribution in [-0.4, -0.2) is 19.8 Å². The number of hydrogen-bond acceptors (Lipinski definition) is 2. The second kappa shape index (κ2) is 5.77. The van der Waals surface area contributed by atoms with Gasteiger partial charge in [-0.1, -0.05) is 72.8 Å². The van der Waals surface area contributed by atoms with Crippen molar-refractivity contribution >= 4 is 38.2 Å². The molecule has 27 heavy (non-hydrogen) atoms. The van der Waals surface area contributed by atoms with Gasteiger partial charge in [-0.05, 0) is 45.3 Å². The minimum atomic E-state index is -3.56. The Bertz CT molecular complexity index is 1220. The van der Waals surface area contributed by atoms with Gasteiger partial charge < -0.3 is 0 Å². The second-order valence-electron chi connectivity index (χ2n) is 6.78. The van der Waals surface area contributed by atoms with E-state index in [-0.39, 0.29) is 0 Å². The Balaban J connectivity index is 1.95. The summed E-state index contributed by atoms with van der Waals surface area (Å²) in [4.78, 5) is 0.394. The highest BCUT2D eigenvalue weighted by atomic mass is 127. The summed E-state index contributed by atoms with van der Waals surface area (Å²) in [5, 5.41) is 0. The standard InChI is InChI=1S/C22H16INO2S/c1-24-22(18-13-7-8-14-19(18)27(24,25)26)17-12-6-5-11-16(17)20(21(22)23)15-9-3-2-4-10-15/h2-14H,1H3/t22-/m0/s1. The van der Waals surface area contributed by atoms with Crippen LogP contribution in [-0.2, 0) is 15.6 Å². The van der Waals surface area contributed by atoms with Crippen molar-refractivity contribution in [1.82, 2.24) is 4.31 Å². The van der Waals surface area contributed by atoms with E-state index in [2.05, 4.69) is 46.9 Å². The molecule has 3 aromatic carbocycles. The van der Waals surface area contributed by atoms with E-state index in [4.69, 9.17) is 0 Å². The van der Waals surface area contributed by atoms with Gasteiger partial charge in [0, 0.05) is 21.8 Å². The predicted octanol–water partition coefficient (Wildman–Crippen LogP) is 4.77. The molecule has 0 saturated carbocycles. The quantitative estimate of drug-likeness (QED) is 0.466. The Morgan fingerprint density at radius 2 is 1.41 bits per heavy atom. The van der Waals surface area contributed by atoms with E-state index >= 15 is 0 Å². The lowest BCUT2D eigenvalue weighted by Crippen LogP contribution is -2.41. The van der Waals surface area contributed by atoms with Crippen LogP contribution in [0.4, 0.5) is 0 Å². The molecule has 1 aliphatic heterocycles. The molecule has 3 aromatic rings. The van der Waals surface area contributed by atoms with Crippen LogP contribution in [0.2, 0.25) is 0 Å². The molecule has 0 N–H and O–H groups in total. The first-order chi connectivity index (χ1) is 13.0. The lowest BCUT2D eigenvalue weighted by molar-refractivity contribution is 0.356. The van der Waals surface area contributed by atoms with E-state index in [0.29, 0.717) is 4.90 Å². The fourth-order valence-electron chi connectivity index (χ4n) is 4.38. The molecule has 1 heterocycles. The van der Waals surface area contributed by atoms with Crippen molar-refractivity contribution in [2.45, 2.75) is 10.4 Å². The van der Waals surface area contributed by atoms with Gasteiger partial charge in [0.25, 0.3) is 0 Å². The summed E-state index contributed by atoms with van der Waals surface area (Å²) in [6.45, 7) is 0. The van der Waals surface area contributed by atoms with Gasteiger partial charge in [0.05, 0.1) is 4.90 Å². The van der Waals surface area contributed by atoms with E-state index in [1.807, 2.05) is 42.5 Å². The molecule has 0 amide bonds. The zero-order chi connectivity index (χ0) is 18.8. The molecule has 5 heteroatoms. The summed E-state index contributed by atoms with van der Waals surface area (Å²) in [6, 6.07) is 25.7. The number of halogens is 1. The zero-order valence-electron chi connectivity index (χ0n) is 14.6. The first-order valence-electron chi connectivity index (χ1n) is 8.65. The van der Waals surface area contributed by atoms with Crippen LogP contribution in [0.5, 0.6) is 0 Å². The normalized spacial score (nSPS) is 22.9. The Kier molecular flexibility index (Phi) is 3.67. The third kappa shape index (κ3) is 2.02. The van der Waals surface area contributed by atoms with Crippen molar-refractivity contribution in [2.75, 3.05) is 7.05 Å². The Morgan fingerprint density at radius 1 is 0.815 bits per heavy atom. The summed E-state index contributed by atoms with van der Waals surface area (Å²) < 4.78 is 29.0. The smallest absolute Gasteiger partial charge is 0.207 e. The average molecular weight is 485 g/mol. The molecule has 134 valence electrons. The number of hydrogen-bond donors (Lipinski definition) is 0. The van der Waals surface area contributed by atoms with E-state index in [1.54, 1.807) is 23.5 Å². The molecule has 0 aromatic heterocycles. The molecule has 0 bridgehead atoms. The maximum absolute atomic E-state index is 13.2. The van der Waals surface area contributed by atoms with Crippen molar-refractivity contribution in [3.05, 3.63) is 105 Å². The molecular formula is C22H16INO2S. The molecule has 0 saturated heterocycles. The van der Waals surface area contributed by atoms with E-state index in [0.717, 1.165) is 31.4 Å². The van der Waals surface area contributed by atoms with Crippen LogP contribution in [0.1, 0.15) is 22.3 Å². The van der Waals surface area contributed by atoms with Gasteiger partial charge in [-0.3, -0.25) is 0 Å². The maximum Gasteiger partial charge on any atom is 0.244 e. The van der Waals surface area contributed by atoms with Crippen molar-refractivity contribution in [3.8, 4) is 0 Å². The highest BCUT2D eigenvalue weighted by molar-refractivity contribution is 14.1. The second-order valence-corrected chi connectivity index (χ2v) is 9.80. The van der Waals surface area contributed by atoms with Gasteiger partial charge in [-0.15, -0.1) is 0 Å². The van der Waals surface area contributed by atoms with Gasteiger partial charge in [0.2, 0.25) is 10.0 Å². The third-order valence-corrected chi connectivity index (χ3v) is 8.80. The summed E-state index contributed by atoms with van der Waals surface area (Å²) in [6.07, 6.45) is 0. The molecule has 0 unspecified atom stereocenters. The van der Waals surface area contributed by atoms with Crippen LogP contribution >= 0.6 is 22.6 Å². The van der Waals surface area contributed by atoms with Gasteiger partial charge in [-0.2, -0.15) is 4.31 Å². The Labute approximate surface area is 172 Å². The predicted molar refractivity (Wildman–Crippen MR) is 115 cm³/mol. The Hall–Kier alpha value is -1.96. The number of likely N-dealkylation sites (N-methyl/N-ethyl adjacent to an activating group) is 1. The molecule has 2 aliphatic rings. The summed E-state index contributed by atoms with van der Waals surface area (Å²) in [7, 11) is -1.87. The number of fused-ring (bicyclic) bond motifs is 4. The average Bonchev–Trinajstić information content (AvgIpc) is 3.06. The van der Waals surface area contributed by atoms with Crippen LogP contribution in [0.15, 0.2) is 87.3 Å². The molecule has 5 rings (SSSR count). The fraction of sp³-hybridized carbons (Fsp3) is 0.0909. The van der Waals surface area contributed by atoms with E-state index in [9.17, 15) is 8.42 Å². The van der Waals surface area contributed by atoms with Crippen molar-refractivity contribution in [3.63, 3.8) is 0 Å². The van der Waals surface area contributed by atoms with Crippen LogP contribution < -0.4 is 0 Å². The first kappa shape index (κ1) is 17.2. The molecular weight excluding hydrogens is 469 g/mol. The largest absolute Gasteiger partial charge is 0.244 e. The highest BCUT2D eigenvalue weighted by Gasteiger charge is 2.58. The van der Waals surface area contributed by atoms with Crippen molar-refractivity contribution < 1.29 is 8.42 Å². The zero-order valence-corrected chi connectivity index (χ0v) is 17.5. The fourth-order valence-corrected chi connectivity index (χ4v) is 7.78. The number of nitrogens with zero attached hydrogens (tertiary/aromatic N) is 1. The number of benzene rings is 3. The van der Waals surface area contributed by atoms with Gasteiger partial charge in [-0.25, -0.2) is 8.42 Å². The first-order valence-corrected chi connectivity index (χ1v) is 11.2. The number of sulfonamides is 1. The maximum atomic E-state index is 13.2. The molecule has 0 radical (unpaired) electrons. The Morgan fingerprint density at radius 3 is 2.15 bits per heavy atom. The molecule has 1 aliphatic carbocycles. The monoisotopic (exact) mass is 485 g/mol. The van der Waals surface area contributed by atoms with Crippen LogP contribution in [0.3, 0.4) is 0 Å². The molecule has 0 fully saturated rings. The van der Waals surface area contributed by atoms with E-state index < -0.39 is 15.6 Å². The topological polar surface area (TPSA) is 37.4 Å². The number of rotatable bonds is 1. The summed E-state index contributed by atoms with van der Waals surface area (Å²) in [5.41, 5.74) is 4.33. The minimum absolute atomic E-state index is 0.394. The molecule has 3 nitrogen and oxygen atoms in total. The third-order valence-electron chi connectivity index (χ3n) is 5.57.